The Balaban J connectivity index is 2.43. The van der Waals surface area contributed by atoms with E-state index in [9.17, 15) is 9.90 Å². The van der Waals surface area contributed by atoms with Gasteiger partial charge in [-0.2, -0.15) is 0 Å². The first-order valence-electron chi connectivity index (χ1n) is 8.26. The fraction of sp³-hybridized carbons (Fsp3) is 0.182. The molecule has 0 aliphatic rings. The zero-order valence-corrected chi connectivity index (χ0v) is 14.7. The van der Waals surface area contributed by atoms with E-state index in [1.165, 1.54) is 0 Å². The van der Waals surface area contributed by atoms with Crippen LogP contribution in [0.3, 0.4) is 0 Å². The number of hydrogen-bond donors (Lipinski definition) is 1. The van der Waals surface area contributed by atoms with E-state index in [2.05, 4.69) is 4.98 Å². The van der Waals surface area contributed by atoms with Crippen molar-refractivity contribution >= 4 is 5.78 Å². The quantitative estimate of drug-likeness (QED) is 0.774. The summed E-state index contributed by atoms with van der Waals surface area (Å²) in [5.74, 6) is 0.204. The molecule has 0 amide bonds. The van der Waals surface area contributed by atoms with Crippen LogP contribution in [-0.4, -0.2) is 15.9 Å². The second-order valence-electron chi connectivity index (χ2n) is 6.35. The van der Waals surface area contributed by atoms with Crippen LogP contribution < -0.4 is 0 Å². The van der Waals surface area contributed by atoms with E-state index in [1.54, 1.807) is 25.3 Å². The number of phenolic OH excluding ortho intramolecular Hbond substituents is 1. The molecular weight excluding hydrogens is 310 g/mol. The number of aromatic hydroxyl groups is 1. The van der Waals surface area contributed by atoms with Gasteiger partial charge in [0.1, 0.15) is 16.9 Å². The molecule has 0 aliphatic heterocycles. The fourth-order valence-corrected chi connectivity index (χ4v) is 3.56. The average molecular weight is 331 g/mol. The topological polar surface area (TPSA) is 50.2 Å². The average Bonchev–Trinajstić information content (AvgIpc) is 2.58. The lowest BCUT2D eigenvalue weighted by Gasteiger charge is -2.34. The number of phenols is 1. The zero-order valence-electron chi connectivity index (χ0n) is 14.7. The molecule has 0 fully saturated rings. The van der Waals surface area contributed by atoms with Crippen LogP contribution in [0.15, 0.2) is 66.9 Å². The highest BCUT2D eigenvalue weighted by Gasteiger charge is 2.42. The third-order valence-corrected chi connectivity index (χ3v) is 4.71. The molecule has 1 aromatic heterocycles. The molecule has 0 radical (unpaired) electrons. The molecule has 3 rings (SSSR count). The van der Waals surface area contributed by atoms with Crippen molar-refractivity contribution in [2.75, 3.05) is 0 Å². The minimum absolute atomic E-state index is 0.0260. The maximum absolute atomic E-state index is 13.1. The van der Waals surface area contributed by atoms with Gasteiger partial charge in [-0.05, 0) is 67.3 Å². The molecule has 1 atom stereocenters. The molecule has 1 heterocycles. The normalized spacial score (nSPS) is 13.2. The van der Waals surface area contributed by atoms with Gasteiger partial charge in [0.15, 0.2) is 0 Å². The standard InChI is InChI=1S/C22H21NO2/c1-15-6-4-5-7-21(15)22(17(3)24,18-8-10-20(25)11-9-18)19-12-13-23-16(2)14-19/h4-14,25H,1-3H3/t22-/m0/s1. The van der Waals surface area contributed by atoms with Gasteiger partial charge < -0.3 is 5.11 Å². The number of nitrogens with zero attached hydrogens (tertiary/aromatic N) is 1. The Bertz CT molecular complexity index is 915. The predicted octanol–water partition coefficient (Wildman–Crippen LogP) is 4.33. The van der Waals surface area contributed by atoms with Gasteiger partial charge in [0.25, 0.3) is 0 Å². The zero-order chi connectivity index (χ0) is 18.0. The molecule has 0 aliphatic carbocycles. The SMILES string of the molecule is CC(=O)[C@](c1ccc(O)cc1)(c1ccnc(C)c1)c1ccccc1C. The third-order valence-electron chi connectivity index (χ3n) is 4.71. The van der Waals surface area contributed by atoms with E-state index in [4.69, 9.17) is 0 Å². The van der Waals surface area contributed by atoms with Crippen molar-refractivity contribution in [2.45, 2.75) is 26.2 Å². The molecule has 0 saturated heterocycles. The number of Topliss-reactive ketones (excluding diaryl/α,β-unsaturated/α-hetero) is 1. The Labute approximate surface area is 148 Å². The second kappa shape index (κ2) is 6.52. The number of carbonyl (C=O) groups is 1. The Morgan fingerprint density at radius 1 is 0.960 bits per heavy atom. The van der Waals surface area contributed by atoms with Crippen LogP contribution in [0.5, 0.6) is 5.75 Å². The Kier molecular flexibility index (Phi) is 4.41. The van der Waals surface area contributed by atoms with Crippen molar-refractivity contribution in [2.24, 2.45) is 0 Å². The summed E-state index contributed by atoms with van der Waals surface area (Å²) in [5, 5.41) is 9.71. The number of pyridine rings is 1. The van der Waals surface area contributed by atoms with Crippen LogP contribution in [0, 0.1) is 13.8 Å². The number of ketones is 1. The summed E-state index contributed by atoms with van der Waals surface area (Å²) in [4.78, 5) is 17.4. The molecule has 0 unspecified atom stereocenters. The largest absolute Gasteiger partial charge is 0.508 e. The van der Waals surface area contributed by atoms with Gasteiger partial charge in [-0.3, -0.25) is 9.78 Å². The summed E-state index contributed by atoms with van der Waals surface area (Å²) in [6.07, 6.45) is 1.74. The Morgan fingerprint density at radius 2 is 1.64 bits per heavy atom. The number of rotatable bonds is 4. The van der Waals surface area contributed by atoms with Crippen LogP contribution in [0.25, 0.3) is 0 Å². The van der Waals surface area contributed by atoms with Crippen molar-refractivity contribution < 1.29 is 9.90 Å². The van der Waals surface area contributed by atoms with Crippen molar-refractivity contribution in [1.29, 1.82) is 0 Å². The summed E-state index contributed by atoms with van der Waals surface area (Å²) >= 11 is 0. The Morgan fingerprint density at radius 3 is 2.24 bits per heavy atom. The number of carbonyl (C=O) groups excluding carboxylic acids is 1. The Hall–Kier alpha value is -2.94. The first kappa shape index (κ1) is 16.9. The molecule has 3 aromatic rings. The molecule has 0 saturated carbocycles. The molecule has 2 aromatic carbocycles. The predicted molar refractivity (Wildman–Crippen MR) is 98.8 cm³/mol. The van der Waals surface area contributed by atoms with E-state index in [1.807, 2.05) is 62.4 Å². The maximum atomic E-state index is 13.1. The lowest BCUT2D eigenvalue weighted by Crippen LogP contribution is -2.37. The lowest BCUT2D eigenvalue weighted by molar-refractivity contribution is -0.119. The number of benzene rings is 2. The van der Waals surface area contributed by atoms with Crippen molar-refractivity contribution in [3.8, 4) is 5.75 Å². The summed E-state index contributed by atoms with van der Waals surface area (Å²) in [7, 11) is 0. The van der Waals surface area contributed by atoms with Crippen molar-refractivity contribution in [3.05, 3.63) is 94.8 Å². The smallest absolute Gasteiger partial charge is 0.149 e. The van der Waals surface area contributed by atoms with Gasteiger partial charge in [0.2, 0.25) is 0 Å². The molecular formula is C22H21NO2. The minimum Gasteiger partial charge on any atom is -0.508 e. The summed E-state index contributed by atoms with van der Waals surface area (Å²) < 4.78 is 0. The van der Waals surface area contributed by atoms with E-state index in [0.29, 0.717) is 0 Å². The van der Waals surface area contributed by atoms with Crippen molar-refractivity contribution in [1.82, 2.24) is 4.98 Å². The molecule has 0 bridgehead atoms. The van der Waals surface area contributed by atoms with Gasteiger partial charge >= 0.3 is 0 Å². The van der Waals surface area contributed by atoms with Crippen LogP contribution >= 0.6 is 0 Å². The fourth-order valence-electron chi connectivity index (χ4n) is 3.56. The lowest BCUT2D eigenvalue weighted by atomic mass is 9.66. The van der Waals surface area contributed by atoms with Gasteiger partial charge in [0, 0.05) is 11.9 Å². The van der Waals surface area contributed by atoms with E-state index in [0.717, 1.165) is 27.9 Å². The van der Waals surface area contributed by atoms with Gasteiger partial charge in [0.05, 0.1) is 0 Å². The monoisotopic (exact) mass is 331 g/mol. The first-order chi connectivity index (χ1) is 12.0. The minimum atomic E-state index is -0.938. The van der Waals surface area contributed by atoms with Crippen molar-refractivity contribution in [3.63, 3.8) is 0 Å². The number of hydrogen-bond acceptors (Lipinski definition) is 3. The summed E-state index contributed by atoms with van der Waals surface area (Å²) in [6.45, 7) is 5.56. The summed E-state index contributed by atoms with van der Waals surface area (Å²) in [5.41, 5.74) is 3.62. The van der Waals surface area contributed by atoms with Gasteiger partial charge in [-0.1, -0.05) is 36.4 Å². The van der Waals surface area contributed by atoms with Gasteiger partial charge in [-0.15, -0.1) is 0 Å². The van der Waals surface area contributed by atoms with Crippen LogP contribution in [0.2, 0.25) is 0 Å². The molecule has 25 heavy (non-hydrogen) atoms. The number of aryl methyl sites for hydroxylation is 2. The van der Waals surface area contributed by atoms with Crippen LogP contribution in [-0.2, 0) is 10.2 Å². The van der Waals surface area contributed by atoms with E-state index < -0.39 is 5.41 Å². The van der Waals surface area contributed by atoms with Crippen LogP contribution in [0.4, 0.5) is 0 Å². The molecule has 1 N–H and O–H groups in total. The number of aromatic nitrogens is 1. The highest BCUT2D eigenvalue weighted by Crippen LogP contribution is 2.42. The van der Waals surface area contributed by atoms with Gasteiger partial charge in [-0.25, -0.2) is 0 Å². The van der Waals surface area contributed by atoms with E-state index in [-0.39, 0.29) is 11.5 Å². The molecule has 3 nitrogen and oxygen atoms in total. The summed E-state index contributed by atoms with van der Waals surface area (Å²) in [6, 6.07) is 18.7. The highest BCUT2D eigenvalue weighted by molar-refractivity contribution is 5.96. The maximum Gasteiger partial charge on any atom is 0.149 e. The molecule has 3 heteroatoms. The highest BCUT2D eigenvalue weighted by atomic mass is 16.3. The second-order valence-corrected chi connectivity index (χ2v) is 6.35. The molecule has 0 spiro atoms. The van der Waals surface area contributed by atoms with Crippen LogP contribution in [0.1, 0.15) is 34.9 Å². The third kappa shape index (κ3) is 2.82. The van der Waals surface area contributed by atoms with E-state index >= 15 is 0 Å². The first-order valence-corrected chi connectivity index (χ1v) is 8.26. The molecule has 126 valence electrons.